The summed E-state index contributed by atoms with van der Waals surface area (Å²) in [5, 5.41) is 0. The molecule has 1 amide bonds. The molecule has 0 aliphatic rings. The summed E-state index contributed by atoms with van der Waals surface area (Å²) in [5.74, 6) is 0.879. The molecule has 0 unspecified atom stereocenters. The van der Waals surface area contributed by atoms with Crippen LogP contribution in [0.3, 0.4) is 0 Å². The summed E-state index contributed by atoms with van der Waals surface area (Å²) in [6.07, 6.45) is 0. The zero-order valence-electron chi connectivity index (χ0n) is 12.2. The van der Waals surface area contributed by atoms with E-state index in [4.69, 9.17) is 15.2 Å². The SMILES string of the molecule is CCN(C(=O)c1cc(OC)cc(OC)c1N)C(C)C. The fourth-order valence-corrected chi connectivity index (χ4v) is 1.96. The Labute approximate surface area is 114 Å². The quantitative estimate of drug-likeness (QED) is 0.829. The second kappa shape index (κ2) is 6.31. The van der Waals surface area contributed by atoms with Gasteiger partial charge in [0, 0.05) is 18.7 Å². The number of carbonyl (C=O) groups excluding carboxylic acids is 1. The van der Waals surface area contributed by atoms with Gasteiger partial charge in [0.05, 0.1) is 25.5 Å². The number of hydrogen-bond acceptors (Lipinski definition) is 4. The van der Waals surface area contributed by atoms with E-state index < -0.39 is 0 Å². The molecule has 5 heteroatoms. The van der Waals surface area contributed by atoms with Crippen LogP contribution in [0.2, 0.25) is 0 Å². The maximum atomic E-state index is 12.5. The normalized spacial score (nSPS) is 10.4. The number of carbonyl (C=O) groups is 1. The predicted octanol–water partition coefficient (Wildman–Crippen LogP) is 2.16. The minimum Gasteiger partial charge on any atom is -0.497 e. The Morgan fingerprint density at radius 2 is 1.95 bits per heavy atom. The number of nitrogen functional groups attached to an aromatic ring is 1. The fraction of sp³-hybridized carbons (Fsp3) is 0.500. The molecular formula is C14H22N2O3. The fourth-order valence-electron chi connectivity index (χ4n) is 1.96. The van der Waals surface area contributed by atoms with Crippen LogP contribution in [0.5, 0.6) is 11.5 Å². The van der Waals surface area contributed by atoms with Crippen molar-refractivity contribution in [1.82, 2.24) is 4.90 Å². The van der Waals surface area contributed by atoms with Crippen molar-refractivity contribution in [3.63, 3.8) is 0 Å². The third-order valence-corrected chi connectivity index (χ3v) is 3.03. The van der Waals surface area contributed by atoms with Crippen LogP contribution in [0.25, 0.3) is 0 Å². The highest BCUT2D eigenvalue weighted by atomic mass is 16.5. The molecule has 1 aromatic rings. The van der Waals surface area contributed by atoms with Crippen molar-refractivity contribution in [3.8, 4) is 11.5 Å². The maximum absolute atomic E-state index is 12.5. The predicted molar refractivity (Wildman–Crippen MR) is 75.8 cm³/mol. The smallest absolute Gasteiger partial charge is 0.256 e. The second-order valence-corrected chi connectivity index (χ2v) is 4.48. The summed E-state index contributed by atoms with van der Waals surface area (Å²) in [7, 11) is 3.05. The molecule has 1 rings (SSSR count). The minimum absolute atomic E-state index is 0.106. The van der Waals surface area contributed by atoms with Crippen molar-refractivity contribution < 1.29 is 14.3 Å². The number of rotatable bonds is 5. The molecule has 2 N–H and O–H groups in total. The molecule has 0 atom stereocenters. The molecule has 0 saturated carbocycles. The van der Waals surface area contributed by atoms with E-state index in [0.717, 1.165) is 0 Å². The van der Waals surface area contributed by atoms with E-state index in [1.165, 1.54) is 7.11 Å². The van der Waals surface area contributed by atoms with E-state index in [0.29, 0.717) is 29.3 Å². The zero-order chi connectivity index (χ0) is 14.6. The summed E-state index contributed by atoms with van der Waals surface area (Å²) < 4.78 is 10.3. The number of hydrogen-bond donors (Lipinski definition) is 1. The van der Waals surface area contributed by atoms with E-state index in [-0.39, 0.29) is 11.9 Å². The highest BCUT2D eigenvalue weighted by Gasteiger charge is 2.22. The lowest BCUT2D eigenvalue weighted by Gasteiger charge is -2.26. The monoisotopic (exact) mass is 266 g/mol. The third-order valence-electron chi connectivity index (χ3n) is 3.03. The van der Waals surface area contributed by atoms with Gasteiger partial charge in [-0.05, 0) is 26.8 Å². The average Bonchev–Trinajstić information content (AvgIpc) is 2.39. The zero-order valence-corrected chi connectivity index (χ0v) is 12.2. The maximum Gasteiger partial charge on any atom is 0.256 e. The van der Waals surface area contributed by atoms with Gasteiger partial charge in [-0.25, -0.2) is 0 Å². The first-order valence-corrected chi connectivity index (χ1v) is 6.28. The van der Waals surface area contributed by atoms with Crippen molar-refractivity contribution in [2.45, 2.75) is 26.8 Å². The molecule has 0 saturated heterocycles. The largest absolute Gasteiger partial charge is 0.497 e. The number of nitrogens with two attached hydrogens (primary N) is 1. The Morgan fingerprint density at radius 1 is 1.32 bits per heavy atom. The number of ether oxygens (including phenoxy) is 2. The van der Waals surface area contributed by atoms with Gasteiger partial charge >= 0.3 is 0 Å². The number of benzene rings is 1. The molecule has 1 aromatic carbocycles. The Morgan fingerprint density at radius 3 is 2.37 bits per heavy atom. The van der Waals surface area contributed by atoms with E-state index in [2.05, 4.69) is 0 Å². The van der Waals surface area contributed by atoms with Crippen LogP contribution in [-0.2, 0) is 0 Å². The van der Waals surface area contributed by atoms with Crippen LogP contribution in [-0.4, -0.2) is 37.6 Å². The highest BCUT2D eigenvalue weighted by Crippen LogP contribution is 2.32. The van der Waals surface area contributed by atoms with Gasteiger partial charge in [-0.2, -0.15) is 0 Å². The van der Waals surface area contributed by atoms with E-state index in [1.54, 1.807) is 24.1 Å². The van der Waals surface area contributed by atoms with Crippen LogP contribution >= 0.6 is 0 Å². The molecule has 106 valence electrons. The van der Waals surface area contributed by atoms with Crippen molar-refractivity contribution in [1.29, 1.82) is 0 Å². The first-order chi connectivity index (χ1) is 8.96. The Bertz CT molecular complexity index is 458. The molecule has 0 radical (unpaired) electrons. The van der Waals surface area contributed by atoms with Crippen LogP contribution in [0.1, 0.15) is 31.1 Å². The summed E-state index contributed by atoms with van der Waals surface area (Å²) in [6.45, 7) is 6.49. The Kier molecular flexibility index (Phi) is 5.03. The first-order valence-electron chi connectivity index (χ1n) is 6.28. The first kappa shape index (κ1) is 15.1. The molecule has 0 fully saturated rings. The summed E-state index contributed by atoms with van der Waals surface area (Å²) in [6, 6.07) is 3.41. The molecular weight excluding hydrogens is 244 g/mol. The van der Waals surface area contributed by atoms with Crippen molar-refractivity contribution in [2.75, 3.05) is 26.5 Å². The van der Waals surface area contributed by atoms with Crippen LogP contribution < -0.4 is 15.2 Å². The molecule has 0 spiro atoms. The third kappa shape index (κ3) is 3.10. The van der Waals surface area contributed by atoms with Gasteiger partial charge in [-0.1, -0.05) is 0 Å². The van der Waals surface area contributed by atoms with Gasteiger partial charge in [-0.15, -0.1) is 0 Å². The Hall–Kier alpha value is -1.91. The lowest BCUT2D eigenvalue weighted by Crippen LogP contribution is -2.37. The van der Waals surface area contributed by atoms with Gasteiger partial charge in [-0.3, -0.25) is 4.79 Å². The summed E-state index contributed by atoms with van der Waals surface area (Å²) in [4.78, 5) is 14.2. The molecule has 5 nitrogen and oxygen atoms in total. The molecule has 19 heavy (non-hydrogen) atoms. The minimum atomic E-state index is -0.118. The topological polar surface area (TPSA) is 64.8 Å². The van der Waals surface area contributed by atoms with Gasteiger partial charge in [0.25, 0.3) is 5.91 Å². The average molecular weight is 266 g/mol. The number of nitrogens with zero attached hydrogens (tertiary/aromatic N) is 1. The number of anilines is 1. The van der Waals surface area contributed by atoms with E-state index in [1.807, 2.05) is 20.8 Å². The Balaban J connectivity index is 3.28. The van der Waals surface area contributed by atoms with E-state index >= 15 is 0 Å². The summed E-state index contributed by atoms with van der Waals surface area (Å²) >= 11 is 0. The van der Waals surface area contributed by atoms with Crippen LogP contribution in [0.4, 0.5) is 5.69 Å². The number of methoxy groups -OCH3 is 2. The molecule has 0 heterocycles. The van der Waals surface area contributed by atoms with E-state index in [9.17, 15) is 4.79 Å². The molecule has 0 bridgehead atoms. The van der Waals surface area contributed by atoms with Crippen molar-refractivity contribution >= 4 is 11.6 Å². The standard InChI is InChI=1S/C14H22N2O3/c1-6-16(9(2)3)14(17)11-7-10(18-4)8-12(19-5)13(11)15/h7-9H,6,15H2,1-5H3. The van der Waals surface area contributed by atoms with Gasteiger partial charge in [0.15, 0.2) is 0 Å². The van der Waals surface area contributed by atoms with Gasteiger partial charge < -0.3 is 20.1 Å². The molecule has 0 aromatic heterocycles. The lowest BCUT2D eigenvalue weighted by molar-refractivity contribution is 0.0717. The van der Waals surface area contributed by atoms with Gasteiger partial charge in [0.2, 0.25) is 0 Å². The van der Waals surface area contributed by atoms with Crippen LogP contribution in [0.15, 0.2) is 12.1 Å². The highest BCUT2D eigenvalue weighted by molar-refractivity contribution is 6.01. The lowest BCUT2D eigenvalue weighted by atomic mass is 10.1. The van der Waals surface area contributed by atoms with Crippen molar-refractivity contribution in [2.24, 2.45) is 0 Å². The summed E-state index contributed by atoms with van der Waals surface area (Å²) in [5.41, 5.74) is 6.73. The second-order valence-electron chi connectivity index (χ2n) is 4.48. The van der Waals surface area contributed by atoms with Crippen molar-refractivity contribution in [3.05, 3.63) is 17.7 Å². The van der Waals surface area contributed by atoms with Crippen LogP contribution in [0, 0.1) is 0 Å². The molecule has 0 aliphatic heterocycles. The number of amides is 1. The van der Waals surface area contributed by atoms with Gasteiger partial charge in [0.1, 0.15) is 11.5 Å². The molecule has 0 aliphatic carbocycles.